The van der Waals surface area contributed by atoms with Gasteiger partial charge in [0, 0.05) is 18.2 Å². The Bertz CT molecular complexity index is 402. The van der Waals surface area contributed by atoms with Gasteiger partial charge in [-0.05, 0) is 44.4 Å². The van der Waals surface area contributed by atoms with Crippen molar-refractivity contribution < 1.29 is 9.50 Å². The summed E-state index contributed by atoms with van der Waals surface area (Å²) in [5.41, 5.74) is 0.394. The Kier molecular flexibility index (Phi) is 7.56. The molecule has 0 spiro atoms. The van der Waals surface area contributed by atoms with Gasteiger partial charge < -0.3 is 10.0 Å². The van der Waals surface area contributed by atoms with E-state index >= 15 is 0 Å². The molecule has 0 saturated heterocycles. The van der Waals surface area contributed by atoms with Gasteiger partial charge in [-0.2, -0.15) is 11.8 Å². The molecule has 3 unspecified atom stereocenters. The molecule has 1 aromatic carbocycles. The van der Waals surface area contributed by atoms with E-state index in [9.17, 15) is 9.50 Å². The summed E-state index contributed by atoms with van der Waals surface area (Å²) >= 11 is 1.85. The van der Waals surface area contributed by atoms with Crippen LogP contribution in [0.1, 0.15) is 31.9 Å². The van der Waals surface area contributed by atoms with E-state index in [1.807, 2.05) is 18.7 Å². The molecule has 2 nitrogen and oxygen atoms in total. The number of aliphatic hydroxyl groups is 1. The third-order valence-corrected chi connectivity index (χ3v) is 4.47. The first-order valence-corrected chi connectivity index (χ1v) is 8.48. The van der Waals surface area contributed by atoms with Crippen molar-refractivity contribution in [1.29, 1.82) is 0 Å². The predicted molar refractivity (Wildman–Crippen MR) is 85.6 cm³/mol. The van der Waals surface area contributed by atoms with Gasteiger partial charge >= 0.3 is 0 Å². The van der Waals surface area contributed by atoms with Crippen molar-refractivity contribution in [1.82, 2.24) is 4.90 Å². The van der Waals surface area contributed by atoms with Gasteiger partial charge in [-0.3, -0.25) is 0 Å². The molecule has 0 fully saturated rings. The van der Waals surface area contributed by atoms with E-state index in [0.717, 1.165) is 18.7 Å². The average Bonchev–Trinajstić information content (AvgIpc) is 2.44. The van der Waals surface area contributed by atoms with Crippen molar-refractivity contribution in [2.24, 2.45) is 5.92 Å². The minimum absolute atomic E-state index is 0.00590. The van der Waals surface area contributed by atoms with Crippen molar-refractivity contribution in [3.05, 3.63) is 35.6 Å². The molecule has 1 aromatic rings. The monoisotopic (exact) mass is 299 g/mol. The molecule has 0 aliphatic carbocycles. The summed E-state index contributed by atoms with van der Waals surface area (Å²) in [6, 6.07) is 6.94. The van der Waals surface area contributed by atoms with Crippen LogP contribution in [-0.4, -0.2) is 41.6 Å². The summed E-state index contributed by atoms with van der Waals surface area (Å²) in [6.07, 6.45) is 2.48. The summed E-state index contributed by atoms with van der Waals surface area (Å²) in [5.74, 6) is 0.800. The third kappa shape index (κ3) is 5.08. The number of thioether (sulfide) groups is 1. The predicted octanol–water partition coefficient (Wildman–Crippen LogP) is 3.57. The molecular weight excluding hydrogens is 273 g/mol. The smallest absolute Gasteiger partial charge is 0.129 e. The Morgan fingerprint density at radius 2 is 1.95 bits per heavy atom. The zero-order valence-electron chi connectivity index (χ0n) is 12.8. The van der Waals surface area contributed by atoms with Crippen LogP contribution in [0.15, 0.2) is 24.3 Å². The fourth-order valence-electron chi connectivity index (χ4n) is 2.26. The average molecular weight is 299 g/mol. The van der Waals surface area contributed by atoms with Crippen LogP contribution in [0.5, 0.6) is 0 Å². The van der Waals surface area contributed by atoms with Crippen LogP contribution in [0.25, 0.3) is 0 Å². The molecule has 0 heterocycles. The van der Waals surface area contributed by atoms with E-state index in [2.05, 4.69) is 25.1 Å². The van der Waals surface area contributed by atoms with E-state index in [1.54, 1.807) is 18.2 Å². The Hall–Kier alpha value is -0.580. The highest BCUT2D eigenvalue weighted by atomic mass is 32.2. The lowest BCUT2D eigenvalue weighted by molar-refractivity contribution is 0.0824. The number of halogens is 1. The molecule has 4 heteroatoms. The van der Waals surface area contributed by atoms with Gasteiger partial charge in [0.05, 0.1) is 6.10 Å². The van der Waals surface area contributed by atoms with Gasteiger partial charge in [0.25, 0.3) is 0 Å². The maximum absolute atomic E-state index is 13.7. The largest absolute Gasteiger partial charge is 0.388 e. The van der Waals surface area contributed by atoms with Gasteiger partial charge in [-0.1, -0.05) is 25.1 Å². The highest BCUT2D eigenvalue weighted by molar-refractivity contribution is 7.98. The van der Waals surface area contributed by atoms with E-state index in [1.165, 1.54) is 6.07 Å². The summed E-state index contributed by atoms with van der Waals surface area (Å²) in [7, 11) is 2.07. The Labute approximate surface area is 126 Å². The zero-order chi connectivity index (χ0) is 15.1. The van der Waals surface area contributed by atoms with Crippen molar-refractivity contribution in [2.75, 3.05) is 25.6 Å². The van der Waals surface area contributed by atoms with E-state index in [0.29, 0.717) is 11.6 Å². The van der Waals surface area contributed by atoms with Crippen LogP contribution in [0, 0.1) is 11.7 Å². The van der Waals surface area contributed by atoms with Crippen molar-refractivity contribution in [3.8, 4) is 0 Å². The lowest BCUT2D eigenvalue weighted by atomic mass is 9.96. The van der Waals surface area contributed by atoms with Gasteiger partial charge in [0.15, 0.2) is 0 Å². The van der Waals surface area contributed by atoms with Gasteiger partial charge in [0.2, 0.25) is 0 Å². The SMILES string of the molecule is CSCCC(C)N(C)CC(C)C(O)c1ccccc1F. The molecule has 3 atom stereocenters. The second-order valence-corrected chi connectivity index (χ2v) is 6.50. The van der Waals surface area contributed by atoms with Gasteiger partial charge in [0.1, 0.15) is 5.82 Å². The van der Waals surface area contributed by atoms with Crippen molar-refractivity contribution in [3.63, 3.8) is 0 Å². The van der Waals surface area contributed by atoms with Crippen LogP contribution in [0.3, 0.4) is 0 Å². The second kappa shape index (κ2) is 8.65. The van der Waals surface area contributed by atoms with Crippen LogP contribution in [0.4, 0.5) is 4.39 Å². The summed E-state index contributed by atoms with van der Waals surface area (Å²) in [6.45, 7) is 4.92. The lowest BCUT2D eigenvalue weighted by Gasteiger charge is -2.29. The summed E-state index contributed by atoms with van der Waals surface area (Å²) in [5, 5.41) is 10.3. The number of nitrogens with zero attached hydrogens (tertiary/aromatic N) is 1. The van der Waals surface area contributed by atoms with Crippen molar-refractivity contribution >= 4 is 11.8 Å². The topological polar surface area (TPSA) is 23.5 Å². The summed E-state index contributed by atoms with van der Waals surface area (Å²) < 4.78 is 13.7. The fraction of sp³-hybridized carbons (Fsp3) is 0.625. The second-order valence-electron chi connectivity index (χ2n) is 5.51. The molecule has 0 aliphatic heterocycles. The third-order valence-electron chi connectivity index (χ3n) is 3.83. The Morgan fingerprint density at radius 3 is 2.55 bits per heavy atom. The standard InChI is InChI=1S/C16H26FNOS/c1-12(11-18(3)13(2)9-10-20-4)16(19)14-7-5-6-8-15(14)17/h5-8,12-13,16,19H,9-11H2,1-4H3. The van der Waals surface area contributed by atoms with Crippen LogP contribution < -0.4 is 0 Å². The fourth-order valence-corrected chi connectivity index (χ4v) is 2.84. The molecule has 0 saturated carbocycles. The van der Waals surface area contributed by atoms with Crippen molar-refractivity contribution in [2.45, 2.75) is 32.4 Å². The van der Waals surface area contributed by atoms with E-state index < -0.39 is 6.10 Å². The number of aliphatic hydroxyl groups excluding tert-OH is 1. The van der Waals surface area contributed by atoms with Gasteiger partial charge in [-0.15, -0.1) is 0 Å². The normalized spacial score (nSPS) is 16.1. The minimum atomic E-state index is -0.758. The van der Waals surface area contributed by atoms with Crippen LogP contribution in [-0.2, 0) is 0 Å². The maximum Gasteiger partial charge on any atom is 0.129 e. The maximum atomic E-state index is 13.7. The molecule has 0 bridgehead atoms. The molecule has 0 amide bonds. The van der Waals surface area contributed by atoms with Gasteiger partial charge in [-0.25, -0.2) is 4.39 Å². The summed E-state index contributed by atoms with van der Waals surface area (Å²) in [4.78, 5) is 2.24. The van der Waals surface area contributed by atoms with E-state index in [-0.39, 0.29) is 11.7 Å². The van der Waals surface area contributed by atoms with E-state index in [4.69, 9.17) is 0 Å². The first-order chi connectivity index (χ1) is 9.47. The highest BCUT2D eigenvalue weighted by Gasteiger charge is 2.22. The lowest BCUT2D eigenvalue weighted by Crippen LogP contribution is -2.35. The Balaban J connectivity index is 2.57. The Morgan fingerprint density at radius 1 is 1.30 bits per heavy atom. The molecule has 20 heavy (non-hydrogen) atoms. The molecule has 1 N–H and O–H groups in total. The molecule has 0 radical (unpaired) electrons. The molecule has 1 rings (SSSR count). The zero-order valence-corrected chi connectivity index (χ0v) is 13.7. The van der Waals surface area contributed by atoms with Crippen LogP contribution in [0.2, 0.25) is 0 Å². The quantitative estimate of drug-likeness (QED) is 0.794. The number of benzene rings is 1. The van der Waals surface area contributed by atoms with Crippen LogP contribution >= 0.6 is 11.8 Å². The molecular formula is C16H26FNOS. The first kappa shape index (κ1) is 17.5. The minimum Gasteiger partial charge on any atom is -0.388 e. The molecule has 0 aromatic heterocycles. The number of rotatable bonds is 8. The number of hydrogen-bond acceptors (Lipinski definition) is 3. The first-order valence-electron chi connectivity index (χ1n) is 7.09. The molecule has 114 valence electrons. The molecule has 0 aliphatic rings. The highest BCUT2D eigenvalue weighted by Crippen LogP contribution is 2.25. The number of hydrogen-bond donors (Lipinski definition) is 1.